The highest BCUT2D eigenvalue weighted by Gasteiger charge is 2.23. The first-order valence-corrected chi connectivity index (χ1v) is 6.70. The van der Waals surface area contributed by atoms with Gasteiger partial charge in [-0.3, -0.25) is 0 Å². The van der Waals surface area contributed by atoms with Crippen LogP contribution in [0.4, 0.5) is 0 Å². The first kappa shape index (κ1) is 11.6. The fraction of sp³-hybridized carbons (Fsp3) is 0.250. The van der Waals surface area contributed by atoms with Crippen molar-refractivity contribution in [3.63, 3.8) is 0 Å². The lowest BCUT2D eigenvalue weighted by atomic mass is 9.79. The molecule has 0 aliphatic heterocycles. The maximum absolute atomic E-state index is 10.1. The van der Waals surface area contributed by atoms with Gasteiger partial charge in [-0.05, 0) is 48.6 Å². The van der Waals surface area contributed by atoms with Crippen LogP contribution in [0.2, 0.25) is 5.02 Å². The highest BCUT2D eigenvalue weighted by Crippen LogP contribution is 2.40. The average molecular weight is 259 g/mol. The number of rotatable bonds is 1. The Morgan fingerprint density at radius 1 is 1.06 bits per heavy atom. The van der Waals surface area contributed by atoms with Gasteiger partial charge in [-0.2, -0.15) is 0 Å². The van der Waals surface area contributed by atoms with E-state index in [-0.39, 0.29) is 5.92 Å². The predicted octanol–water partition coefficient (Wildman–Crippen LogP) is 4.51. The second-order valence-corrected chi connectivity index (χ2v) is 5.28. The molecule has 0 spiro atoms. The minimum Gasteiger partial charge on any atom is -0.508 e. The van der Waals surface area contributed by atoms with Crippen LogP contribution in [0.25, 0.3) is 0 Å². The van der Waals surface area contributed by atoms with Crippen LogP contribution in [0, 0.1) is 0 Å². The Morgan fingerprint density at radius 3 is 2.78 bits per heavy atom. The Kier molecular flexibility index (Phi) is 3.00. The van der Waals surface area contributed by atoms with E-state index >= 15 is 0 Å². The molecule has 0 radical (unpaired) electrons. The molecule has 0 fully saturated rings. The van der Waals surface area contributed by atoms with Crippen LogP contribution in [0.15, 0.2) is 42.5 Å². The smallest absolute Gasteiger partial charge is 0.119 e. The summed E-state index contributed by atoms with van der Waals surface area (Å²) in [5.41, 5.74) is 3.68. The van der Waals surface area contributed by atoms with E-state index in [2.05, 4.69) is 24.3 Å². The van der Waals surface area contributed by atoms with Crippen LogP contribution in [0.3, 0.4) is 0 Å². The predicted molar refractivity (Wildman–Crippen MR) is 74.3 cm³/mol. The summed E-state index contributed by atoms with van der Waals surface area (Å²) in [4.78, 5) is 0. The number of phenolic OH excluding ortho intramolecular Hbond substituents is 1. The van der Waals surface area contributed by atoms with Gasteiger partial charge in [-0.1, -0.05) is 35.9 Å². The summed E-state index contributed by atoms with van der Waals surface area (Å²) < 4.78 is 0. The van der Waals surface area contributed by atoms with Crippen molar-refractivity contribution in [1.29, 1.82) is 0 Å². The third-order valence-electron chi connectivity index (χ3n) is 3.73. The molecular formula is C16H15ClO. The second-order valence-electron chi connectivity index (χ2n) is 4.85. The maximum Gasteiger partial charge on any atom is 0.119 e. The number of aryl methyl sites for hydroxylation is 1. The van der Waals surface area contributed by atoms with Gasteiger partial charge in [0.05, 0.1) is 0 Å². The summed E-state index contributed by atoms with van der Waals surface area (Å²) in [6.45, 7) is 0. The number of hydrogen-bond donors (Lipinski definition) is 1. The molecule has 0 heterocycles. The number of phenols is 1. The molecule has 0 saturated heterocycles. The molecular weight excluding hydrogens is 244 g/mol. The number of aromatic hydroxyl groups is 1. The van der Waals surface area contributed by atoms with E-state index in [0.717, 1.165) is 24.8 Å². The normalized spacial score (nSPS) is 18.4. The standard InChI is InChI=1S/C16H15ClO/c17-12-8-9-16(18)15(10-12)14-7-3-5-11-4-1-2-6-13(11)14/h1-2,4,6,8-10,14,18H,3,5,7H2. The van der Waals surface area contributed by atoms with Crippen molar-refractivity contribution < 1.29 is 5.11 Å². The number of benzene rings is 2. The summed E-state index contributed by atoms with van der Waals surface area (Å²) in [7, 11) is 0. The third-order valence-corrected chi connectivity index (χ3v) is 3.97. The molecule has 0 amide bonds. The zero-order chi connectivity index (χ0) is 12.5. The minimum atomic E-state index is 0.272. The number of halogens is 1. The number of hydrogen-bond acceptors (Lipinski definition) is 1. The average Bonchev–Trinajstić information content (AvgIpc) is 2.41. The molecule has 1 N–H and O–H groups in total. The van der Waals surface area contributed by atoms with E-state index in [1.54, 1.807) is 12.1 Å². The second kappa shape index (κ2) is 4.66. The first-order chi connectivity index (χ1) is 8.75. The highest BCUT2D eigenvalue weighted by molar-refractivity contribution is 6.30. The van der Waals surface area contributed by atoms with Gasteiger partial charge in [0, 0.05) is 16.5 Å². The quantitative estimate of drug-likeness (QED) is 0.798. The van der Waals surface area contributed by atoms with Crippen LogP contribution in [-0.2, 0) is 6.42 Å². The molecule has 1 aliphatic rings. The van der Waals surface area contributed by atoms with Gasteiger partial charge in [-0.25, -0.2) is 0 Å². The molecule has 0 aromatic heterocycles. The minimum absolute atomic E-state index is 0.272. The molecule has 0 bridgehead atoms. The molecule has 2 aromatic rings. The third kappa shape index (κ3) is 1.99. The summed E-state index contributed by atoms with van der Waals surface area (Å²) >= 11 is 6.05. The largest absolute Gasteiger partial charge is 0.508 e. The Hall–Kier alpha value is -1.47. The lowest BCUT2D eigenvalue weighted by Gasteiger charge is -2.26. The van der Waals surface area contributed by atoms with Gasteiger partial charge in [0.1, 0.15) is 5.75 Å². The maximum atomic E-state index is 10.1. The fourth-order valence-electron chi connectivity index (χ4n) is 2.88. The Labute approximate surface area is 112 Å². The molecule has 1 aliphatic carbocycles. The van der Waals surface area contributed by atoms with Gasteiger partial charge in [0.25, 0.3) is 0 Å². The van der Waals surface area contributed by atoms with E-state index < -0.39 is 0 Å². The molecule has 3 rings (SSSR count). The monoisotopic (exact) mass is 258 g/mol. The van der Waals surface area contributed by atoms with Crippen molar-refractivity contribution in [2.24, 2.45) is 0 Å². The zero-order valence-electron chi connectivity index (χ0n) is 10.1. The van der Waals surface area contributed by atoms with Crippen LogP contribution >= 0.6 is 11.6 Å². The fourth-order valence-corrected chi connectivity index (χ4v) is 3.06. The van der Waals surface area contributed by atoms with Gasteiger partial charge < -0.3 is 5.11 Å². The van der Waals surface area contributed by atoms with E-state index in [4.69, 9.17) is 11.6 Å². The van der Waals surface area contributed by atoms with Crippen molar-refractivity contribution in [3.05, 3.63) is 64.2 Å². The van der Waals surface area contributed by atoms with Crippen molar-refractivity contribution in [2.45, 2.75) is 25.2 Å². The van der Waals surface area contributed by atoms with Crippen LogP contribution in [0.5, 0.6) is 5.75 Å². The molecule has 2 aromatic carbocycles. The summed E-state index contributed by atoms with van der Waals surface area (Å²) in [6.07, 6.45) is 3.37. The molecule has 1 atom stereocenters. The zero-order valence-corrected chi connectivity index (χ0v) is 10.8. The van der Waals surface area contributed by atoms with Gasteiger partial charge in [0.15, 0.2) is 0 Å². The van der Waals surface area contributed by atoms with Gasteiger partial charge >= 0.3 is 0 Å². The molecule has 18 heavy (non-hydrogen) atoms. The van der Waals surface area contributed by atoms with Crippen molar-refractivity contribution in [2.75, 3.05) is 0 Å². The Balaban J connectivity index is 2.11. The van der Waals surface area contributed by atoms with Gasteiger partial charge in [0.2, 0.25) is 0 Å². The molecule has 2 heteroatoms. The van der Waals surface area contributed by atoms with Crippen LogP contribution in [0.1, 0.15) is 35.4 Å². The molecule has 1 unspecified atom stereocenters. The van der Waals surface area contributed by atoms with E-state index in [9.17, 15) is 5.11 Å². The lowest BCUT2D eigenvalue weighted by Crippen LogP contribution is -2.11. The van der Waals surface area contributed by atoms with Crippen molar-refractivity contribution >= 4 is 11.6 Å². The number of fused-ring (bicyclic) bond motifs is 1. The van der Waals surface area contributed by atoms with Crippen molar-refractivity contribution in [3.8, 4) is 5.75 Å². The summed E-state index contributed by atoms with van der Waals surface area (Å²) in [6, 6.07) is 13.8. The highest BCUT2D eigenvalue weighted by atomic mass is 35.5. The lowest BCUT2D eigenvalue weighted by molar-refractivity contribution is 0.459. The van der Waals surface area contributed by atoms with Gasteiger partial charge in [-0.15, -0.1) is 0 Å². The summed E-state index contributed by atoms with van der Waals surface area (Å²) in [5, 5.41) is 10.7. The topological polar surface area (TPSA) is 20.2 Å². The van der Waals surface area contributed by atoms with E-state index in [0.29, 0.717) is 10.8 Å². The Bertz CT molecular complexity index is 577. The van der Waals surface area contributed by atoms with E-state index in [1.807, 2.05) is 6.07 Å². The molecule has 0 saturated carbocycles. The van der Waals surface area contributed by atoms with Crippen molar-refractivity contribution in [1.82, 2.24) is 0 Å². The van der Waals surface area contributed by atoms with Crippen LogP contribution < -0.4 is 0 Å². The molecule has 92 valence electrons. The van der Waals surface area contributed by atoms with E-state index in [1.165, 1.54) is 11.1 Å². The SMILES string of the molecule is Oc1ccc(Cl)cc1C1CCCc2ccccc21. The summed E-state index contributed by atoms with van der Waals surface area (Å²) in [5.74, 6) is 0.620. The Morgan fingerprint density at radius 2 is 1.89 bits per heavy atom. The van der Waals surface area contributed by atoms with Crippen LogP contribution in [-0.4, -0.2) is 5.11 Å². The first-order valence-electron chi connectivity index (χ1n) is 6.32. The molecule has 1 nitrogen and oxygen atoms in total.